The molecule has 0 fully saturated rings. The van der Waals surface area contributed by atoms with Crippen LogP contribution in [0, 0.1) is 5.92 Å². The highest BCUT2D eigenvalue weighted by Crippen LogP contribution is 2.04. The lowest BCUT2D eigenvalue weighted by molar-refractivity contribution is 0.481. The van der Waals surface area contributed by atoms with Gasteiger partial charge in [0.1, 0.15) is 0 Å². The molecule has 0 radical (unpaired) electrons. The molecule has 0 saturated carbocycles. The fourth-order valence-electron chi connectivity index (χ4n) is 1.76. The molecule has 19 heavy (non-hydrogen) atoms. The van der Waals surface area contributed by atoms with Crippen LogP contribution in [0.5, 0.6) is 0 Å². The predicted molar refractivity (Wildman–Crippen MR) is 91.1 cm³/mol. The van der Waals surface area contributed by atoms with E-state index in [1.165, 1.54) is 12.8 Å². The highest BCUT2D eigenvalue weighted by molar-refractivity contribution is 14.0. The topological polar surface area (TPSA) is 54.2 Å². The summed E-state index contributed by atoms with van der Waals surface area (Å²) in [6, 6.07) is 0. The molecule has 0 spiro atoms. The van der Waals surface area contributed by atoms with Crippen LogP contribution in [0.15, 0.2) is 23.7 Å². The van der Waals surface area contributed by atoms with Crippen LogP contribution in [-0.2, 0) is 6.54 Å². The minimum Gasteiger partial charge on any atom is -0.356 e. The first kappa shape index (κ1) is 18.2. The molecule has 2 N–H and O–H groups in total. The molecule has 0 atom stereocenters. The van der Waals surface area contributed by atoms with Crippen molar-refractivity contribution >= 4 is 29.9 Å². The average Bonchev–Trinajstić information content (AvgIpc) is 2.91. The van der Waals surface area contributed by atoms with Gasteiger partial charge in [-0.05, 0) is 5.92 Å². The molecule has 0 aliphatic carbocycles. The highest BCUT2D eigenvalue weighted by Gasteiger charge is 2.04. The van der Waals surface area contributed by atoms with Gasteiger partial charge in [0.15, 0.2) is 5.96 Å². The first-order chi connectivity index (χ1) is 8.80. The van der Waals surface area contributed by atoms with E-state index in [1.807, 2.05) is 17.1 Å². The standard InChI is InChI=1S/C13H25N5.HI/c1-4-12(5-2)10-17-13(14-3)16-7-9-18-8-6-15-11-18;/h6,8,11-12H,4-5,7,9-10H2,1-3H3,(H2,14,16,17);1H. The van der Waals surface area contributed by atoms with Crippen LogP contribution in [0.1, 0.15) is 26.7 Å². The first-order valence-electron chi connectivity index (χ1n) is 6.70. The van der Waals surface area contributed by atoms with Gasteiger partial charge in [0.25, 0.3) is 0 Å². The third kappa shape index (κ3) is 7.39. The minimum atomic E-state index is 0. The van der Waals surface area contributed by atoms with Crippen LogP contribution in [0.3, 0.4) is 0 Å². The molecule has 0 aliphatic heterocycles. The van der Waals surface area contributed by atoms with E-state index in [-0.39, 0.29) is 24.0 Å². The van der Waals surface area contributed by atoms with Gasteiger partial charge in [-0.2, -0.15) is 0 Å². The molecule has 5 nitrogen and oxygen atoms in total. The largest absolute Gasteiger partial charge is 0.356 e. The Morgan fingerprint density at radius 3 is 2.58 bits per heavy atom. The van der Waals surface area contributed by atoms with Gasteiger partial charge >= 0.3 is 0 Å². The monoisotopic (exact) mass is 379 g/mol. The number of hydrogen-bond donors (Lipinski definition) is 2. The zero-order chi connectivity index (χ0) is 13.2. The molecule has 0 aliphatic rings. The number of aromatic nitrogens is 2. The summed E-state index contributed by atoms with van der Waals surface area (Å²) in [7, 11) is 1.81. The van der Waals surface area contributed by atoms with Crippen molar-refractivity contribution in [1.82, 2.24) is 20.2 Å². The molecular weight excluding hydrogens is 353 g/mol. The van der Waals surface area contributed by atoms with Crippen LogP contribution < -0.4 is 10.6 Å². The third-order valence-electron chi connectivity index (χ3n) is 3.16. The van der Waals surface area contributed by atoms with Gasteiger partial charge in [-0.15, -0.1) is 24.0 Å². The maximum absolute atomic E-state index is 4.22. The molecule has 0 bridgehead atoms. The van der Waals surface area contributed by atoms with Crippen LogP contribution in [0.25, 0.3) is 0 Å². The Bertz CT molecular complexity index is 333. The van der Waals surface area contributed by atoms with Crippen LogP contribution in [0.4, 0.5) is 0 Å². The van der Waals surface area contributed by atoms with Crippen molar-refractivity contribution in [2.24, 2.45) is 10.9 Å². The van der Waals surface area contributed by atoms with Crippen molar-refractivity contribution in [3.8, 4) is 0 Å². The van der Waals surface area contributed by atoms with Crippen molar-refractivity contribution in [2.45, 2.75) is 33.2 Å². The summed E-state index contributed by atoms with van der Waals surface area (Å²) in [6.45, 7) is 7.18. The van der Waals surface area contributed by atoms with Crippen molar-refractivity contribution in [2.75, 3.05) is 20.1 Å². The second-order valence-electron chi connectivity index (χ2n) is 4.36. The van der Waals surface area contributed by atoms with Crippen molar-refractivity contribution < 1.29 is 0 Å². The molecule has 0 saturated heterocycles. The number of halogens is 1. The van der Waals surface area contributed by atoms with Crippen molar-refractivity contribution in [3.05, 3.63) is 18.7 Å². The molecule has 1 rings (SSSR count). The number of guanidine groups is 1. The number of rotatable bonds is 7. The number of nitrogens with zero attached hydrogens (tertiary/aromatic N) is 3. The number of hydrogen-bond acceptors (Lipinski definition) is 2. The Hall–Kier alpha value is -0.790. The van der Waals surface area contributed by atoms with E-state index in [2.05, 4.69) is 34.5 Å². The fourth-order valence-corrected chi connectivity index (χ4v) is 1.76. The third-order valence-corrected chi connectivity index (χ3v) is 3.16. The van der Waals surface area contributed by atoms with Crippen LogP contribution in [-0.4, -0.2) is 35.6 Å². The zero-order valence-electron chi connectivity index (χ0n) is 12.1. The van der Waals surface area contributed by atoms with E-state index in [1.54, 1.807) is 13.2 Å². The van der Waals surface area contributed by atoms with Crippen molar-refractivity contribution in [3.63, 3.8) is 0 Å². The van der Waals surface area contributed by atoms with Gasteiger partial charge in [0, 0.05) is 39.1 Å². The zero-order valence-corrected chi connectivity index (χ0v) is 14.4. The molecule has 1 heterocycles. The minimum absolute atomic E-state index is 0. The van der Waals surface area contributed by atoms with E-state index >= 15 is 0 Å². The van der Waals surface area contributed by atoms with Crippen molar-refractivity contribution in [1.29, 1.82) is 0 Å². The van der Waals surface area contributed by atoms with E-state index in [4.69, 9.17) is 0 Å². The van der Waals surface area contributed by atoms with Gasteiger partial charge in [-0.25, -0.2) is 4.98 Å². The molecule has 0 amide bonds. The Morgan fingerprint density at radius 1 is 1.32 bits per heavy atom. The van der Waals surface area contributed by atoms with Gasteiger partial charge < -0.3 is 15.2 Å². The summed E-state index contributed by atoms with van der Waals surface area (Å²) in [5.41, 5.74) is 0. The number of imidazole rings is 1. The highest BCUT2D eigenvalue weighted by atomic mass is 127. The predicted octanol–water partition coefficient (Wildman–Crippen LogP) is 2.10. The smallest absolute Gasteiger partial charge is 0.191 e. The lowest BCUT2D eigenvalue weighted by atomic mass is 10.0. The fraction of sp³-hybridized carbons (Fsp3) is 0.692. The maximum atomic E-state index is 4.22. The SMILES string of the molecule is CCC(CC)CNC(=NC)NCCn1ccnc1.I. The van der Waals surface area contributed by atoms with E-state index < -0.39 is 0 Å². The Balaban J connectivity index is 0.00000324. The number of nitrogens with one attached hydrogen (secondary N) is 2. The Morgan fingerprint density at radius 2 is 2.05 bits per heavy atom. The van der Waals surface area contributed by atoms with Crippen LogP contribution >= 0.6 is 24.0 Å². The van der Waals surface area contributed by atoms with Gasteiger partial charge in [-0.1, -0.05) is 26.7 Å². The average molecular weight is 379 g/mol. The summed E-state index contributed by atoms with van der Waals surface area (Å²) in [5.74, 6) is 1.60. The molecule has 0 unspecified atom stereocenters. The summed E-state index contributed by atoms with van der Waals surface area (Å²) in [5, 5.41) is 6.67. The van der Waals surface area contributed by atoms with Gasteiger partial charge in [0.2, 0.25) is 0 Å². The normalized spacial score (nSPS) is 11.3. The second-order valence-corrected chi connectivity index (χ2v) is 4.36. The molecule has 1 aromatic heterocycles. The summed E-state index contributed by atoms with van der Waals surface area (Å²) >= 11 is 0. The molecule has 110 valence electrons. The van der Waals surface area contributed by atoms with Crippen LogP contribution in [0.2, 0.25) is 0 Å². The van der Waals surface area contributed by atoms with Gasteiger partial charge in [-0.3, -0.25) is 4.99 Å². The van der Waals surface area contributed by atoms with E-state index in [9.17, 15) is 0 Å². The Kier molecular flexibility index (Phi) is 10.6. The summed E-state index contributed by atoms with van der Waals surface area (Å²) < 4.78 is 2.04. The van der Waals surface area contributed by atoms with E-state index in [0.29, 0.717) is 0 Å². The molecule has 0 aromatic carbocycles. The summed E-state index contributed by atoms with van der Waals surface area (Å²) in [6.07, 6.45) is 7.98. The van der Waals surface area contributed by atoms with Gasteiger partial charge in [0.05, 0.1) is 6.33 Å². The first-order valence-corrected chi connectivity index (χ1v) is 6.70. The molecule has 6 heteroatoms. The second kappa shape index (κ2) is 11.1. The maximum Gasteiger partial charge on any atom is 0.191 e. The quantitative estimate of drug-likeness (QED) is 0.434. The molecule has 1 aromatic rings. The molecular formula is C13H26IN5. The summed E-state index contributed by atoms with van der Waals surface area (Å²) in [4.78, 5) is 8.23. The Labute approximate surface area is 133 Å². The van der Waals surface area contributed by atoms with E-state index in [0.717, 1.165) is 31.5 Å². The number of aliphatic imine (C=N–C) groups is 1. The lowest BCUT2D eigenvalue weighted by Crippen LogP contribution is -2.40. The lowest BCUT2D eigenvalue weighted by Gasteiger charge is -2.16.